The fourth-order valence-electron chi connectivity index (χ4n) is 15.0. The van der Waals surface area contributed by atoms with Crippen molar-refractivity contribution in [3.63, 3.8) is 0 Å². The standard InChI is InChI=1S/C25H28N8O2S.C24H26N8O2S.C23H22N8O3S.C22H23N9O3S/c1-36(2,35)32-25-27-14-20(15-28-25)29-24(34)23-21-11-18(6-7-22(21)30-31-23)19-10-17(12-26-13-19)16-33-8-4-3-5-9-33;1-35(2,34)31-24-26-13-19(14-27-24)28-23(33)22-20-10-17(5-6-21(20)29-30-22)18-9-16(11-25-12-18)15-32-7-3-4-8-32;1-35(2,34)31-23-25-11-17(12-26-23)28-22(33)20-18-8-14(5-6-19(18)29-30-20)15-7-16(10-24-9-15)27-21(32)13-3-4-13;1-31(2)22(33)27-15-7-14(9-23-10-15)13-5-6-18-17(8-13)19(29-28-18)20(32)26-16-11-24-21(25-12-16)30-35(3,4)34/h6-7,10-15H,1,3-5,8-9,16H2,2H3,(H,29,34)(H,30,31)(H,27,28,32,35);5-6,9-14H,1,3-4,7-8,15H2,2H3,(H,28,33)(H,29,30)(H,26,27,31,34);5-13H,1,3-4H2,2H3,(H,27,32)(H,28,33)(H,29,30)(H,25,26,31,34);5-12H,3H2,1-2,4H3,(H,26,32)(H,27,33)(H,28,29)(H,24,25,30,34). The lowest BCUT2D eigenvalue weighted by Gasteiger charge is -2.26. The molecule has 0 radical (unpaired) electrons. The van der Waals surface area contributed by atoms with Crippen molar-refractivity contribution in [2.75, 3.05) is 116 Å². The first kappa shape index (κ1) is 97.6. The van der Waals surface area contributed by atoms with Crippen LogP contribution in [0.5, 0.6) is 0 Å². The van der Waals surface area contributed by atoms with Crippen LogP contribution in [0, 0.1) is 5.92 Å². The number of pyridine rings is 4. The van der Waals surface area contributed by atoms with Gasteiger partial charge in [0.25, 0.3) is 23.6 Å². The molecular formula is C94H99N33O10S4. The minimum atomic E-state index is -2.52. The topological polar surface area (TPSA) is 570 Å². The number of carbonyl (C=O) groups excluding carboxylic acids is 6. The van der Waals surface area contributed by atoms with Gasteiger partial charge < -0.3 is 36.8 Å². The summed E-state index contributed by atoms with van der Waals surface area (Å²) in [6.07, 6.45) is 39.2. The van der Waals surface area contributed by atoms with E-state index in [1.165, 1.54) is 123 Å². The van der Waals surface area contributed by atoms with E-state index in [0.717, 1.165) is 108 Å². The Hall–Kier alpha value is -16.5. The van der Waals surface area contributed by atoms with Crippen molar-refractivity contribution in [3.05, 3.63) is 230 Å². The Morgan fingerprint density at radius 2 is 0.603 bits per heavy atom. The van der Waals surface area contributed by atoms with Crippen molar-refractivity contribution in [2.24, 2.45) is 5.92 Å². The first-order valence-corrected chi connectivity index (χ1v) is 52.5. The van der Waals surface area contributed by atoms with Crippen LogP contribution in [-0.2, 0) is 56.7 Å². The predicted octanol–water partition coefficient (Wildman–Crippen LogP) is 11.4. The van der Waals surface area contributed by atoms with E-state index in [1.807, 2.05) is 104 Å². The highest BCUT2D eigenvalue weighted by Crippen LogP contribution is 2.35. The number of anilines is 10. The predicted molar refractivity (Wildman–Crippen MR) is 554 cm³/mol. The highest BCUT2D eigenvalue weighted by Gasteiger charge is 2.30. The highest BCUT2D eigenvalue weighted by atomic mass is 32.2. The molecule has 0 spiro atoms. The Morgan fingerprint density at radius 1 is 0.333 bits per heavy atom. The van der Waals surface area contributed by atoms with E-state index in [-0.39, 0.29) is 64.4 Å². The van der Waals surface area contributed by atoms with E-state index >= 15 is 0 Å². The summed E-state index contributed by atoms with van der Waals surface area (Å²) in [7, 11) is -6.72. The molecule has 19 rings (SSSR count). The summed E-state index contributed by atoms with van der Waals surface area (Å²) in [6.45, 7) is 6.29. The SMILES string of the molecule is C=S(C)(=O)Nc1ncc(NC(=O)c2n[nH]c3ccc(-c4cncc(CN5CCCC5)c4)cc23)cn1.C=S(C)(=O)Nc1ncc(NC(=O)c2n[nH]c3ccc(-c4cncc(CN5CCCCC5)c4)cc23)cn1.C=S(C)(=O)Nc1ncc(NC(=O)c2n[nH]c3ccc(-c4cncc(NC(=O)C5CC5)c4)cc23)cn1.C=S(C)(=O)Nc1ncc(NC(=O)c2n[nH]c3ccc(-c4cncc(NC(=O)N(C)C)c4)cc23)cn1. The molecule has 14 N–H and O–H groups in total. The Labute approximate surface area is 809 Å². The summed E-state index contributed by atoms with van der Waals surface area (Å²) < 4.78 is 57.3. The summed E-state index contributed by atoms with van der Waals surface area (Å²) in [5.74, 6) is 13.0. The quantitative estimate of drug-likeness (QED) is 0.0213. The second-order valence-corrected chi connectivity index (χ2v) is 43.1. The minimum absolute atomic E-state index is 0.00985. The normalized spacial score (nSPS) is 14.7. The molecule has 2 saturated heterocycles. The first-order valence-electron chi connectivity index (χ1n) is 43.9. The molecule has 12 aromatic heterocycles. The van der Waals surface area contributed by atoms with Crippen LogP contribution in [-0.4, -0.2) is 256 Å². The number of nitrogens with zero attached hydrogens (tertiary/aromatic N) is 19. The number of nitrogens with one attached hydrogen (secondary N) is 14. The van der Waals surface area contributed by atoms with Gasteiger partial charge >= 0.3 is 6.03 Å². The van der Waals surface area contributed by atoms with Gasteiger partial charge in [-0.1, -0.05) is 30.7 Å². The number of aromatic amines is 4. The van der Waals surface area contributed by atoms with E-state index in [1.54, 1.807) is 44.9 Å². The fourth-order valence-corrected chi connectivity index (χ4v) is 16.9. The van der Waals surface area contributed by atoms with Gasteiger partial charge in [0.2, 0.25) is 29.7 Å². The molecule has 4 unspecified atom stereocenters. The Balaban J connectivity index is 0.000000135. The molecule has 3 fully saturated rings. The van der Waals surface area contributed by atoms with Crippen LogP contribution in [0.25, 0.3) is 88.1 Å². The summed E-state index contributed by atoms with van der Waals surface area (Å²) in [6, 6.07) is 30.4. The van der Waals surface area contributed by atoms with Crippen molar-refractivity contribution in [1.82, 2.24) is 115 Å². The maximum atomic E-state index is 13.0. The van der Waals surface area contributed by atoms with Crippen molar-refractivity contribution in [3.8, 4) is 44.5 Å². The van der Waals surface area contributed by atoms with E-state index in [0.29, 0.717) is 66.7 Å². The largest absolute Gasteiger partial charge is 0.331 e. The van der Waals surface area contributed by atoms with E-state index < -0.39 is 62.5 Å². The average molecular weight is 1980 g/mol. The van der Waals surface area contributed by atoms with Gasteiger partial charge in [-0.15, -0.1) is 0 Å². The number of piperidine rings is 1. The lowest BCUT2D eigenvalue weighted by Crippen LogP contribution is -2.29. The number of carbonyl (C=O) groups is 6. The zero-order chi connectivity index (χ0) is 99.3. The third-order valence-electron chi connectivity index (χ3n) is 21.7. The van der Waals surface area contributed by atoms with Crippen LogP contribution in [0.1, 0.15) is 98.0 Å². The molecule has 141 heavy (non-hydrogen) atoms. The molecule has 0 bridgehead atoms. The lowest BCUT2D eigenvalue weighted by atomic mass is 10.0. The van der Waals surface area contributed by atoms with E-state index in [4.69, 9.17) is 0 Å². The zero-order valence-electron chi connectivity index (χ0n) is 77.3. The van der Waals surface area contributed by atoms with Gasteiger partial charge in [-0.05, 0) is 194 Å². The number of likely N-dealkylation sites (tertiary alicyclic amines) is 2. The molecule has 3 aliphatic rings. The smallest absolute Gasteiger partial charge is 0.321 e. The van der Waals surface area contributed by atoms with Crippen LogP contribution in [0.3, 0.4) is 0 Å². The number of hydrogen-bond acceptors (Lipinski definition) is 28. The monoisotopic (exact) mass is 1980 g/mol. The molecule has 1 saturated carbocycles. The van der Waals surface area contributed by atoms with E-state index in [2.05, 4.69) is 197 Å². The van der Waals surface area contributed by atoms with E-state index in [9.17, 15) is 45.6 Å². The number of benzene rings is 4. The second kappa shape index (κ2) is 42.6. The minimum Gasteiger partial charge on any atom is -0.331 e. The second-order valence-electron chi connectivity index (χ2n) is 34.3. The molecule has 43 nitrogen and oxygen atoms in total. The fraction of sp³-hybridized carbons (Fsp3) is 0.213. The molecule has 4 aromatic carbocycles. The Kier molecular flexibility index (Phi) is 29.5. The van der Waals surface area contributed by atoms with Gasteiger partial charge in [0.1, 0.15) is 0 Å². The van der Waals surface area contributed by atoms with Crippen molar-refractivity contribution >= 4 is 199 Å². The van der Waals surface area contributed by atoms with Crippen molar-refractivity contribution in [2.45, 2.75) is 58.0 Å². The number of rotatable bonds is 27. The van der Waals surface area contributed by atoms with Crippen LogP contribution >= 0.6 is 0 Å². The number of amides is 7. The number of H-pyrrole nitrogens is 4. The Morgan fingerprint density at radius 3 is 0.879 bits per heavy atom. The molecule has 4 atom stereocenters. The molecule has 7 amide bonds. The first-order chi connectivity index (χ1) is 67.5. The molecule has 14 heterocycles. The van der Waals surface area contributed by atoms with Crippen LogP contribution in [0.15, 0.2) is 196 Å². The molecular weight excluding hydrogens is 1880 g/mol. The zero-order valence-corrected chi connectivity index (χ0v) is 80.6. The Bertz CT molecular complexity index is 7640. The number of aromatic nitrogens is 20. The van der Waals surface area contributed by atoms with Gasteiger partial charge in [-0.25, -0.2) is 61.5 Å². The summed E-state index contributed by atoms with van der Waals surface area (Å²) in [5.41, 5.74) is 15.8. The molecule has 1 aliphatic carbocycles. The summed E-state index contributed by atoms with van der Waals surface area (Å²) in [4.78, 5) is 132. The highest BCUT2D eigenvalue weighted by molar-refractivity contribution is 8.01. The van der Waals surface area contributed by atoms with Gasteiger partial charge in [0, 0.05) is 178 Å². The average Bonchev–Trinajstić information content (AvgIpc) is 1.67. The molecule has 2 aliphatic heterocycles. The third-order valence-corrected chi connectivity index (χ3v) is 24.2. The molecule has 16 aromatic rings. The summed E-state index contributed by atoms with van der Waals surface area (Å²) in [5, 5.41) is 47.5. The van der Waals surface area contributed by atoms with Crippen LogP contribution in [0.2, 0.25) is 0 Å². The van der Waals surface area contributed by atoms with Crippen molar-refractivity contribution in [1.29, 1.82) is 0 Å². The van der Waals surface area contributed by atoms with Gasteiger partial charge in [-0.2, -0.15) is 20.4 Å². The maximum Gasteiger partial charge on any atom is 0.321 e. The van der Waals surface area contributed by atoms with Gasteiger partial charge in [0.05, 0.1) is 118 Å². The molecule has 47 heteroatoms. The maximum absolute atomic E-state index is 13.0. The third kappa shape index (κ3) is 26.7. The molecule has 724 valence electrons. The van der Waals surface area contributed by atoms with Gasteiger partial charge in [0.15, 0.2) is 22.8 Å². The number of hydrogen-bond donors (Lipinski definition) is 14. The van der Waals surface area contributed by atoms with Crippen LogP contribution < -0.4 is 50.8 Å². The summed E-state index contributed by atoms with van der Waals surface area (Å²) >= 11 is 0. The van der Waals surface area contributed by atoms with Crippen molar-refractivity contribution < 1.29 is 45.6 Å². The van der Waals surface area contributed by atoms with Crippen LogP contribution in [0.4, 0.5) is 62.7 Å². The lowest BCUT2D eigenvalue weighted by molar-refractivity contribution is -0.117. The van der Waals surface area contributed by atoms with Gasteiger partial charge in [-0.3, -0.25) is 93.0 Å². The number of urea groups is 1. The number of fused-ring (bicyclic) bond motifs is 4.